The third-order valence-electron chi connectivity index (χ3n) is 4.56. The van der Waals surface area contributed by atoms with Crippen molar-refractivity contribution in [2.45, 2.75) is 24.5 Å². The molecule has 0 spiro atoms. The molecular formula is C21H18ClNOS2. The minimum Gasteiger partial charge on any atom is -0.308 e. The highest BCUT2D eigenvalue weighted by molar-refractivity contribution is 7.98. The fourth-order valence-corrected chi connectivity index (χ4v) is 5.89. The van der Waals surface area contributed by atoms with Gasteiger partial charge in [-0.25, -0.2) is 0 Å². The smallest absolute Gasteiger partial charge is 0.268 e. The predicted octanol–water partition coefficient (Wildman–Crippen LogP) is 6.65. The Bertz CT molecular complexity index is 995. The van der Waals surface area contributed by atoms with Gasteiger partial charge in [-0.15, -0.1) is 23.1 Å². The van der Waals surface area contributed by atoms with Crippen molar-refractivity contribution >= 4 is 46.3 Å². The predicted molar refractivity (Wildman–Crippen MR) is 113 cm³/mol. The Balaban J connectivity index is 1.73. The molecule has 2 aromatic carbocycles. The van der Waals surface area contributed by atoms with Crippen LogP contribution in [-0.4, -0.2) is 12.5 Å². The fraction of sp³-hybridized carbons (Fsp3) is 0.190. The van der Waals surface area contributed by atoms with Crippen molar-refractivity contribution in [2.75, 3.05) is 11.4 Å². The molecule has 0 N–H and O–H groups in total. The fourth-order valence-electron chi connectivity index (χ4n) is 3.25. The van der Waals surface area contributed by atoms with Crippen LogP contribution in [-0.2, 0) is 5.75 Å². The molecule has 1 aliphatic rings. The Hall–Kier alpha value is -1.75. The number of carbonyl (C=O) groups excluding carboxylic acids is 1. The van der Waals surface area contributed by atoms with Gasteiger partial charge >= 0.3 is 0 Å². The van der Waals surface area contributed by atoms with Gasteiger partial charge in [-0.3, -0.25) is 4.79 Å². The molecule has 2 heterocycles. The molecule has 0 fully saturated rings. The zero-order valence-corrected chi connectivity index (χ0v) is 17.0. The lowest BCUT2D eigenvalue weighted by molar-refractivity contribution is 0.0992. The van der Waals surface area contributed by atoms with Crippen LogP contribution in [0.1, 0.15) is 27.7 Å². The van der Waals surface area contributed by atoms with Crippen LogP contribution in [0.15, 0.2) is 53.4 Å². The lowest BCUT2D eigenvalue weighted by Gasteiger charge is -2.22. The first kappa shape index (κ1) is 17.7. The van der Waals surface area contributed by atoms with Gasteiger partial charge in [0.05, 0.1) is 4.88 Å². The summed E-state index contributed by atoms with van der Waals surface area (Å²) in [5, 5.41) is 0.754. The molecule has 1 aliphatic heterocycles. The quantitative estimate of drug-likeness (QED) is 0.491. The first-order chi connectivity index (χ1) is 12.6. The number of thiophene rings is 1. The van der Waals surface area contributed by atoms with Gasteiger partial charge < -0.3 is 4.90 Å². The zero-order valence-electron chi connectivity index (χ0n) is 14.6. The van der Waals surface area contributed by atoms with Crippen LogP contribution in [0.4, 0.5) is 5.69 Å². The number of hydrogen-bond donors (Lipinski definition) is 0. The minimum atomic E-state index is 0.0710. The van der Waals surface area contributed by atoms with Crippen molar-refractivity contribution in [2.24, 2.45) is 0 Å². The molecule has 2 nitrogen and oxygen atoms in total. The van der Waals surface area contributed by atoms with Crippen molar-refractivity contribution < 1.29 is 4.79 Å². The molecular weight excluding hydrogens is 382 g/mol. The maximum absolute atomic E-state index is 13.2. The van der Waals surface area contributed by atoms with E-state index in [4.69, 9.17) is 11.6 Å². The number of thioether (sulfide) groups is 1. The molecule has 5 heteroatoms. The lowest BCUT2D eigenvalue weighted by Crippen LogP contribution is -2.30. The summed E-state index contributed by atoms with van der Waals surface area (Å²) in [6, 6.07) is 16.1. The van der Waals surface area contributed by atoms with Crippen LogP contribution in [0.2, 0.25) is 5.02 Å². The van der Waals surface area contributed by atoms with E-state index in [1.54, 1.807) is 23.1 Å². The van der Waals surface area contributed by atoms with Crippen LogP contribution in [0.5, 0.6) is 0 Å². The number of halogens is 1. The van der Waals surface area contributed by atoms with Gasteiger partial charge in [-0.2, -0.15) is 0 Å². The molecule has 0 radical (unpaired) electrons. The van der Waals surface area contributed by atoms with Gasteiger partial charge in [0.2, 0.25) is 0 Å². The maximum atomic E-state index is 13.2. The summed E-state index contributed by atoms with van der Waals surface area (Å²) in [4.78, 5) is 18.3. The summed E-state index contributed by atoms with van der Waals surface area (Å²) < 4.78 is 0. The molecule has 26 heavy (non-hydrogen) atoms. The van der Waals surface area contributed by atoms with E-state index in [9.17, 15) is 4.79 Å². The number of para-hydroxylation sites is 1. The Morgan fingerprint density at radius 3 is 2.77 bits per heavy atom. The zero-order chi connectivity index (χ0) is 18.3. The minimum absolute atomic E-state index is 0.0710. The van der Waals surface area contributed by atoms with Gasteiger partial charge in [0, 0.05) is 38.3 Å². The van der Waals surface area contributed by atoms with Gasteiger partial charge in [0.1, 0.15) is 0 Å². The Labute approximate surface area is 166 Å². The second-order valence-corrected chi connectivity index (χ2v) is 8.74. The van der Waals surface area contributed by atoms with E-state index in [0.717, 1.165) is 26.9 Å². The highest BCUT2D eigenvalue weighted by Crippen LogP contribution is 2.46. The molecule has 0 aliphatic carbocycles. The first-order valence-corrected chi connectivity index (χ1v) is 10.7. The van der Waals surface area contributed by atoms with Crippen LogP contribution >= 0.6 is 34.7 Å². The van der Waals surface area contributed by atoms with Crippen LogP contribution in [0.25, 0.3) is 10.4 Å². The summed E-state index contributed by atoms with van der Waals surface area (Å²) >= 11 is 9.50. The van der Waals surface area contributed by atoms with Gasteiger partial charge in [-0.1, -0.05) is 35.9 Å². The number of nitrogens with zero attached hydrogens (tertiary/aromatic N) is 1. The molecule has 1 aromatic heterocycles. The third-order valence-corrected chi connectivity index (χ3v) is 7.10. The van der Waals surface area contributed by atoms with E-state index in [1.165, 1.54) is 20.9 Å². The van der Waals surface area contributed by atoms with Crippen LogP contribution in [0, 0.1) is 6.92 Å². The number of fused-ring (bicyclic) bond motifs is 3. The van der Waals surface area contributed by atoms with E-state index >= 15 is 0 Å². The van der Waals surface area contributed by atoms with Crippen molar-refractivity contribution in [1.82, 2.24) is 0 Å². The maximum Gasteiger partial charge on any atom is 0.268 e. The molecule has 0 atom stereocenters. The second-order valence-electron chi connectivity index (χ2n) is 6.23. The monoisotopic (exact) mass is 399 g/mol. The molecule has 132 valence electrons. The SMILES string of the molecule is CCN(C(=O)c1cc2c(s1)-c1ccc(Cl)cc1SC2)c1ccccc1C. The van der Waals surface area contributed by atoms with Gasteiger partial charge in [0.25, 0.3) is 5.91 Å². The van der Waals surface area contributed by atoms with Crippen molar-refractivity contribution in [1.29, 1.82) is 0 Å². The molecule has 3 aromatic rings. The average Bonchev–Trinajstić information content (AvgIpc) is 3.08. The number of carbonyl (C=O) groups is 1. The molecule has 0 bridgehead atoms. The topological polar surface area (TPSA) is 20.3 Å². The molecule has 0 saturated heterocycles. The Morgan fingerprint density at radius 2 is 2.00 bits per heavy atom. The van der Waals surface area contributed by atoms with Gasteiger partial charge in [-0.05, 0) is 49.2 Å². The number of rotatable bonds is 3. The lowest BCUT2D eigenvalue weighted by atomic mass is 10.1. The number of hydrogen-bond acceptors (Lipinski definition) is 3. The third kappa shape index (κ3) is 3.07. The summed E-state index contributed by atoms with van der Waals surface area (Å²) in [6.45, 7) is 4.71. The van der Waals surface area contributed by atoms with E-state index in [2.05, 4.69) is 12.1 Å². The normalized spacial score (nSPS) is 12.4. The molecule has 4 rings (SSSR count). The number of benzene rings is 2. The molecule has 0 unspecified atom stereocenters. The number of anilines is 1. The van der Waals surface area contributed by atoms with E-state index in [-0.39, 0.29) is 5.91 Å². The summed E-state index contributed by atoms with van der Waals surface area (Å²) in [6.07, 6.45) is 0. The number of amides is 1. The van der Waals surface area contributed by atoms with Gasteiger partial charge in [0.15, 0.2) is 0 Å². The first-order valence-electron chi connectivity index (χ1n) is 8.51. The summed E-state index contributed by atoms with van der Waals surface area (Å²) in [5.74, 6) is 0.949. The highest BCUT2D eigenvalue weighted by Gasteiger charge is 2.25. The van der Waals surface area contributed by atoms with Crippen molar-refractivity contribution in [3.05, 3.63) is 69.6 Å². The molecule has 1 amide bonds. The average molecular weight is 400 g/mol. The van der Waals surface area contributed by atoms with Crippen molar-refractivity contribution in [3.63, 3.8) is 0 Å². The highest BCUT2D eigenvalue weighted by atomic mass is 35.5. The Kier molecular flexibility index (Phi) is 4.82. The molecule has 0 saturated carbocycles. The largest absolute Gasteiger partial charge is 0.308 e. The van der Waals surface area contributed by atoms with E-state index in [1.807, 2.05) is 55.1 Å². The van der Waals surface area contributed by atoms with Crippen molar-refractivity contribution in [3.8, 4) is 10.4 Å². The summed E-state index contributed by atoms with van der Waals surface area (Å²) in [5.41, 5.74) is 4.51. The standard InChI is InChI=1S/C21H18ClNOS2/c1-3-23(17-7-5-4-6-13(17)2)21(24)19-10-14-12-25-18-11-15(22)8-9-16(18)20(14)26-19/h4-11H,3,12H2,1-2H3. The van der Waals surface area contributed by atoms with E-state index < -0.39 is 0 Å². The summed E-state index contributed by atoms with van der Waals surface area (Å²) in [7, 11) is 0. The number of aryl methyl sites for hydroxylation is 1. The Morgan fingerprint density at radius 1 is 1.19 bits per heavy atom. The van der Waals surface area contributed by atoms with Crippen LogP contribution in [0.3, 0.4) is 0 Å². The second kappa shape index (κ2) is 7.10. The van der Waals surface area contributed by atoms with E-state index in [0.29, 0.717) is 6.54 Å². The van der Waals surface area contributed by atoms with Crippen LogP contribution < -0.4 is 4.90 Å².